The highest BCUT2D eigenvalue weighted by Gasteiger charge is 2.35. The first kappa shape index (κ1) is 12.2. The Morgan fingerprint density at radius 1 is 0.900 bits per heavy atom. The van der Waals surface area contributed by atoms with Crippen molar-refractivity contribution in [2.24, 2.45) is 0 Å². The van der Waals surface area contributed by atoms with Gasteiger partial charge in [-0.05, 0) is 18.2 Å². The first-order chi connectivity index (χ1) is 9.56. The lowest BCUT2D eigenvalue weighted by Gasteiger charge is -2.20. The predicted octanol–water partition coefficient (Wildman–Crippen LogP) is 1.88. The zero-order valence-corrected chi connectivity index (χ0v) is 10.5. The third-order valence-corrected chi connectivity index (χ3v) is 3.35. The van der Waals surface area contributed by atoms with Crippen LogP contribution in [0.2, 0.25) is 0 Å². The number of aromatic hydroxyl groups is 2. The summed E-state index contributed by atoms with van der Waals surface area (Å²) in [6.45, 7) is 0. The van der Waals surface area contributed by atoms with E-state index in [1.807, 2.05) is 0 Å². The fraction of sp³-hybridized carbons (Fsp3) is 0.0667. The Morgan fingerprint density at radius 3 is 2.25 bits per heavy atom. The molecule has 3 rings (SSSR count). The molecule has 0 bridgehead atoms. The number of fused-ring (bicyclic) bond motifs is 2. The van der Waals surface area contributed by atoms with Crippen molar-refractivity contribution in [2.45, 2.75) is 0 Å². The van der Waals surface area contributed by atoms with E-state index in [1.54, 1.807) is 12.1 Å². The van der Waals surface area contributed by atoms with Crippen LogP contribution >= 0.6 is 0 Å². The van der Waals surface area contributed by atoms with Crippen molar-refractivity contribution in [1.29, 1.82) is 0 Å². The van der Waals surface area contributed by atoms with E-state index >= 15 is 0 Å². The topological polar surface area (TPSA) is 83.8 Å². The van der Waals surface area contributed by atoms with Crippen LogP contribution in [0.3, 0.4) is 0 Å². The van der Waals surface area contributed by atoms with Crippen LogP contribution in [0.15, 0.2) is 30.3 Å². The third-order valence-electron chi connectivity index (χ3n) is 3.35. The van der Waals surface area contributed by atoms with Crippen LogP contribution in [-0.2, 0) is 0 Å². The van der Waals surface area contributed by atoms with E-state index in [0.717, 1.165) is 0 Å². The Balaban J connectivity index is 2.37. The quantitative estimate of drug-likeness (QED) is 0.659. The molecule has 0 heterocycles. The molecule has 0 unspecified atom stereocenters. The molecule has 0 saturated carbocycles. The number of carbonyl (C=O) groups is 2. The molecule has 20 heavy (non-hydrogen) atoms. The van der Waals surface area contributed by atoms with Crippen LogP contribution in [0.1, 0.15) is 31.8 Å². The normalized spacial score (nSPS) is 12.8. The fourth-order valence-electron chi connectivity index (χ4n) is 2.39. The second kappa shape index (κ2) is 4.09. The average molecular weight is 270 g/mol. The first-order valence-electron chi connectivity index (χ1n) is 5.87. The molecule has 0 fully saturated rings. The van der Waals surface area contributed by atoms with Crippen LogP contribution in [0.5, 0.6) is 17.2 Å². The number of phenols is 2. The van der Waals surface area contributed by atoms with Gasteiger partial charge in [-0.3, -0.25) is 9.59 Å². The maximum absolute atomic E-state index is 12.5. The van der Waals surface area contributed by atoms with Gasteiger partial charge < -0.3 is 14.9 Å². The van der Waals surface area contributed by atoms with Gasteiger partial charge in [-0.2, -0.15) is 0 Å². The largest absolute Gasteiger partial charge is 0.504 e. The molecular formula is C15H10O5. The number of methoxy groups -OCH3 is 1. The van der Waals surface area contributed by atoms with Crippen molar-refractivity contribution in [2.75, 3.05) is 7.11 Å². The lowest BCUT2D eigenvalue weighted by atomic mass is 9.83. The highest BCUT2D eigenvalue weighted by atomic mass is 16.5. The Labute approximate surface area is 114 Å². The van der Waals surface area contributed by atoms with E-state index in [9.17, 15) is 19.8 Å². The molecule has 2 aromatic carbocycles. The van der Waals surface area contributed by atoms with Crippen LogP contribution in [0.4, 0.5) is 0 Å². The lowest BCUT2D eigenvalue weighted by Crippen LogP contribution is -2.21. The summed E-state index contributed by atoms with van der Waals surface area (Å²) < 4.78 is 5.12. The SMILES string of the molecule is COc1cccc2c1C(=O)c1ccc(O)c(O)c1C2=O. The van der Waals surface area contributed by atoms with E-state index in [4.69, 9.17) is 4.74 Å². The zero-order valence-electron chi connectivity index (χ0n) is 10.5. The number of ketones is 2. The number of phenolic OH excluding ortho intramolecular Hbond substituents is 2. The Morgan fingerprint density at radius 2 is 1.55 bits per heavy atom. The summed E-state index contributed by atoms with van der Waals surface area (Å²) in [4.78, 5) is 24.9. The number of hydrogen-bond donors (Lipinski definition) is 2. The molecule has 5 nitrogen and oxygen atoms in total. The highest BCUT2D eigenvalue weighted by molar-refractivity contribution is 6.30. The van der Waals surface area contributed by atoms with Gasteiger partial charge in [0, 0.05) is 11.1 Å². The van der Waals surface area contributed by atoms with Crippen LogP contribution < -0.4 is 4.74 Å². The van der Waals surface area contributed by atoms with Gasteiger partial charge in [0.15, 0.2) is 23.1 Å². The first-order valence-corrected chi connectivity index (χ1v) is 5.87. The fourth-order valence-corrected chi connectivity index (χ4v) is 2.39. The molecule has 0 saturated heterocycles. The van der Waals surface area contributed by atoms with Crippen molar-refractivity contribution < 1.29 is 24.5 Å². The van der Waals surface area contributed by atoms with Gasteiger partial charge in [-0.1, -0.05) is 12.1 Å². The third kappa shape index (κ3) is 1.43. The zero-order chi connectivity index (χ0) is 14.4. The van der Waals surface area contributed by atoms with E-state index < -0.39 is 23.1 Å². The maximum Gasteiger partial charge on any atom is 0.198 e. The molecule has 0 amide bonds. The number of rotatable bonds is 1. The van der Waals surface area contributed by atoms with Gasteiger partial charge >= 0.3 is 0 Å². The summed E-state index contributed by atoms with van der Waals surface area (Å²) in [5.74, 6) is -1.63. The van der Waals surface area contributed by atoms with Crippen molar-refractivity contribution >= 4 is 11.6 Å². The summed E-state index contributed by atoms with van der Waals surface area (Å²) in [6, 6.07) is 7.17. The summed E-state index contributed by atoms with van der Waals surface area (Å²) in [5.41, 5.74) is 0.221. The molecule has 0 aliphatic heterocycles. The number of benzene rings is 2. The minimum absolute atomic E-state index is 0.0577. The molecule has 2 N–H and O–H groups in total. The standard InChI is InChI=1S/C15H10O5/c1-20-10-4-2-3-7-11(10)13(17)8-5-6-9(16)15(19)12(8)14(7)18/h2-6,16,19H,1H3. The van der Waals surface area contributed by atoms with Gasteiger partial charge in [-0.15, -0.1) is 0 Å². The maximum atomic E-state index is 12.5. The van der Waals surface area contributed by atoms with Crippen LogP contribution in [0, 0.1) is 0 Å². The van der Waals surface area contributed by atoms with Gasteiger partial charge in [0.1, 0.15) is 5.75 Å². The number of ether oxygens (including phenoxy) is 1. The number of carbonyl (C=O) groups excluding carboxylic acids is 2. The predicted molar refractivity (Wildman–Crippen MR) is 69.6 cm³/mol. The van der Waals surface area contributed by atoms with E-state index in [-0.39, 0.29) is 22.3 Å². The summed E-state index contributed by atoms with van der Waals surface area (Å²) in [6.07, 6.45) is 0. The minimum Gasteiger partial charge on any atom is -0.504 e. The molecule has 1 aliphatic carbocycles. The highest BCUT2D eigenvalue weighted by Crippen LogP contribution is 2.40. The van der Waals surface area contributed by atoms with Gasteiger partial charge in [0.2, 0.25) is 0 Å². The molecule has 0 spiro atoms. The van der Waals surface area contributed by atoms with Gasteiger partial charge in [0.25, 0.3) is 0 Å². The second-order valence-electron chi connectivity index (χ2n) is 4.40. The summed E-state index contributed by atoms with van der Waals surface area (Å²) in [5, 5.41) is 19.3. The molecule has 0 aromatic heterocycles. The second-order valence-corrected chi connectivity index (χ2v) is 4.40. The van der Waals surface area contributed by atoms with E-state index in [2.05, 4.69) is 0 Å². The van der Waals surface area contributed by atoms with Crippen molar-refractivity contribution in [1.82, 2.24) is 0 Å². The molecule has 0 atom stereocenters. The van der Waals surface area contributed by atoms with Crippen LogP contribution in [-0.4, -0.2) is 28.9 Å². The Hall–Kier alpha value is -2.82. The van der Waals surface area contributed by atoms with Gasteiger partial charge in [0.05, 0.1) is 18.2 Å². The molecule has 0 radical (unpaired) electrons. The number of hydrogen-bond acceptors (Lipinski definition) is 5. The van der Waals surface area contributed by atoms with E-state index in [1.165, 1.54) is 25.3 Å². The van der Waals surface area contributed by atoms with Gasteiger partial charge in [-0.25, -0.2) is 0 Å². The average Bonchev–Trinajstić information content (AvgIpc) is 2.46. The van der Waals surface area contributed by atoms with Crippen molar-refractivity contribution in [3.8, 4) is 17.2 Å². The van der Waals surface area contributed by atoms with Crippen molar-refractivity contribution in [3.05, 3.63) is 52.6 Å². The smallest absolute Gasteiger partial charge is 0.198 e. The minimum atomic E-state index is -0.575. The monoisotopic (exact) mass is 270 g/mol. The molecule has 100 valence electrons. The Bertz CT molecular complexity index is 761. The molecular weight excluding hydrogens is 260 g/mol. The summed E-state index contributed by atoms with van der Waals surface area (Å²) >= 11 is 0. The lowest BCUT2D eigenvalue weighted by molar-refractivity contribution is 0.0973. The Kier molecular flexibility index (Phi) is 2.50. The van der Waals surface area contributed by atoms with Crippen molar-refractivity contribution in [3.63, 3.8) is 0 Å². The molecule has 2 aromatic rings. The van der Waals surface area contributed by atoms with E-state index in [0.29, 0.717) is 5.75 Å². The van der Waals surface area contributed by atoms with Crippen LogP contribution in [0.25, 0.3) is 0 Å². The molecule has 1 aliphatic rings. The molecule has 5 heteroatoms. The summed E-state index contributed by atoms with van der Waals surface area (Å²) in [7, 11) is 1.41.